The Morgan fingerprint density at radius 2 is 2.23 bits per heavy atom. The third-order valence-corrected chi connectivity index (χ3v) is 4.18. The fourth-order valence-corrected chi connectivity index (χ4v) is 3.33. The molecule has 0 spiro atoms. The first-order valence-electron chi connectivity index (χ1n) is 5.85. The Morgan fingerprint density at radius 3 is 2.82 bits per heavy atom. The van der Waals surface area contributed by atoms with Crippen LogP contribution in [0.5, 0.6) is 0 Å². The second-order valence-electron chi connectivity index (χ2n) is 3.92. The number of aromatic nitrogens is 1. The lowest BCUT2D eigenvalue weighted by Gasteiger charge is -1.99. The number of aliphatic imine (C=N–C) groups is 1. The smallest absolute Gasteiger partial charge is 0.319 e. The van der Waals surface area contributed by atoms with Crippen molar-refractivity contribution in [2.45, 2.75) is 19.1 Å². The number of hydrogen-bond donors (Lipinski definition) is 3. The van der Waals surface area contributed by atoms with Crippen molar-refractivity contribution in [1.29, 1.82) is 0 Å². The molecule has 0 fully saturated rings. The van der Waals surface area contributed by atoms with Crippen LogP contribution in [0.25, 0.3) is 0 Å². The summed E-state index contributed by atoms with van der Waals surface area (Å²) in [5, 5.41) is 13.7. The summed E-state index contributed by atoms with van der Waals surface area (Å²) in [5.74, 6) is 6.49. The molecule has 0 radical (unpaired) electrons. The zero-order valence-electron chi connectivity index (χ0n) is 11.7. The Kier molecular flexibility index (Phi) is 7.37. The number of hydrogen-bond acceptors (Lipinski definition) is 7. The number of amidine groups is 2. The maximum absolute atomic E-state index is 10.9. The quantitative estimate of drug-likeness (QED) is 0.160. The summed E-state index contributed by atoms with van der Waals surface area (Å²) in [6.07, 6.45) is 0.263. The molecule has 0 aliphatic carbocycles. The van der Waals surface area contributed by atoms with Gasteiger partial charge < -0.3 is 11.6 Å². The van der Waals surface area contributed by atoms with Crippen LogP contribution in [-0.4, -0.2) is 30.8 Å². The van der Waals surface area contributed by atoms with Crippen LogP contribution in [0.15, 0.2) is 25.1 Å². The first kappa shape index (κ1) is 18.5. The van der Waals surface area contributed by atoms with Gasteiger partial charge in [-0.25, -0.2) is 15.1 Å². The van der Waals surface area contributed by atoms with Crippen molar-refractivity contribution in [1.82, 2.24) is 4.98 Å². The van der Waals surface area contributed by atoms with Gasteiger partial charge in [0.15, 0.2) is 5.84 Å². The summed E-state index contributed by atoms with van der Waals surface area (Å²) < 4.78 is 25.0. The minimum Gasteiger partial charge on any atom is -0.387 e. The molecule has 0 saturated heterocycles. The van der Waals surface area contributed by atoms with Crippen molar-refractivity contribution in [3.63, 3.8) is 0 Å². The molecule has 0 aliphatic heterocycles. The van der Waals surface area contributed by atoms with Gasteiger partial charge in [0, 0.05) is 23.3 Å². The predicted octanol–water partition coefficient (Wildman–Crippen LogP) is 0.703. The molecule has 1 aromatic rings. The van der Waals surface area contributed by atoms with E-state index in [4.69, 9.17) is 16.7 Å². The zero-order chi connectivity index (χ0) is 16.6. The highest BCUT2D eigenvalue weighted by Gasteiger charge is 2.06. The lowest BCUT2D eigenvalue weighted by Crippen LogP contribution is -2.11. The summed E-state index contributed by atoms with van der Waals surface area (Å²) >= 11 is 2.92. The Balaban J connectivity index is 2.48. The van der Waals surface area contributed by atoms with Crippen molar-refractivity contribution in [2.24, 2.45) is 36.4 Å². The molecule has 13 heteroatoms. The van der Waals surface area contributed by atoms with E-state index in [1.807, 2.05) is 5.38 Å². The SMILES string of the molecule is CC(N)=Nc1nc(CSCCC(N=NN)=NS(N)(=O)=O)cs1. The molecule has 0 atom stereocenters. The zero-order valence-corrected chi connectivity index (χ0v) is 14.2. The van der Waals surface area contributed by atoms with Crippen LogP contribution < -0.4 is 16.7 Å². The van der Waals surface area contributed by atoms with Crippen LogP contribution >= 0.6 is 23.1 Å². The highest BCUT2D eigenvalue weighted by atomic mass is 32.2. The molecule has 0 aromatic carbocycles. The molecule has 1 rings (SSSR count). The van der Waals surface area contributed by atoms with E-state index >= 15 is 0 Å². The molecule has 0 unspecified atom stereocenters. The van der Waals surface area contributed by atoms with Gasteiger partial charge in [-0.1, -0.05) is 5.22 Å². The average molecular weight is 364 g/mol. The van der Waals surface area contributed by atoms with Crippen LogP contribution in [0.4, 0.5) is 5.13 Å². The summed E-state index contributed by atoms with van der Waals surface area (Å²) in [4.78, 5) is 8.34. The molecule has 122 valence electrons. The van der Waals surface area contributed by atoms with Crippen LogP contribution in [0.3, 0.4) is 0 Å². The van der Waals surface area contributed by atoms with Crippen LogP contribution in [0.1, 0.15) is 19.0 Å². The maximum Gasteiger partial charge on any atom is 0.319 e. The third-order valence-electron chi connectivity index (χ3n) is 1.94. The highest BCUT2D eigenvalue weighted by molar-refractivity contribution is 7.98. The van der Waals surface area contributed by atoms with Crippen molar-refractivity contribution in [3.8, 4) is 0 Å². The molecule has 0 saturated carbocycles. The van der Waals surface area contributed by atoms with Crippen LogP contribution in [0.2, 0.25) is 0 Å². The molecule has 1 aromatic heterocycles. The summed E-state index contributed by atoms with van der Waals surface area (Å²) in [6.45, 7) is 1.69. The van der Waals surface area contributed by atoms with Gasteiger partial charge in [0.25, 0.3) is 0 Å². The van der Waals surface area contributed by atoms with Crippen molar-refractivity contribution >= 4 is 50.1 Å². The van der Waals surface area contributed by atoms with E-state index in [0.717, 1.165) is 5.69 Å². The largest absolute Gasteiger partial charge is 0.387 e. The van der Waals surface area contributed by atoms with Gasteiger partial charge in [-0.05, 0) is 6.92 Å². The molecule has 0 bridgehead atoms. The number of thiazole rings is 1. The standard InChI is InChI=1S/C9H16N8O2S3/c1-6(10)13-9-14-7(5-21-9)4-20-3-2-8(15-17-11)16-22(12,18)19/h5H,2-4H2,1H3,(H2,10,13,14)(H2,11,15,16)(H2,12,18,19). The minimum atomic E-state index is -4.01. The molecule has 0 amide bonds. The molecule has 6 N–H and O–H groups in total. The number of thioether (sulfide) groups is 1. The topological polar surface area (TPSA) is 175 Å². The van der Waals surface area contributed by atoms with Gasteiger partial charge in [-0.2, -0.15) is 20.2 Å². The average Bonchev–Trinajstić information content (AvgIpc) is 2.79. The Morgan fingerprint density at radius 1 is 1.50 bits per heavy atom. The van der Waals surface area contributed by atoms with Gasteiger partial charge >= 0.3 is 10.2 Å². The van der Waals surface area contributed by atoms with Crippen LogP contribution in [0, 0.1) is 0 Å². The number of nitrogens with zero attached hydrogens (tertiary/aromatic N) is 5. The molecule has 22 heavy (non-hydrogen) atoms. The highest BCUT2D eigenvalue weighted by Crippen LogP contribution is 2.22. The van der Waals surface area contributed by atoms with E-state index < -0.39 is 10.2 Å². The Bertz CT molecular complexity index is 675. The van der Waals surface area contributed by atoms with Gasteiger partial charge in [0.2, 0.25) is 5.13 Å². The second kappa shape index (κ2) is 8.77. The Hall–Kier alpha value is -1.57. The summed E-state index contributed by atoms with van der Waals surface area (Å²) in [7, 11) is -4.01. The number of nitrogens with two attached hydrogens (primary N) is 3. The van der Waals surface area contributed by atoms with E-state index in [1.54, 1.807) is 6.92 Å². The number of rotatable bonds is 7. The van der Waals surface area contributed by atoms with E-state index in [0.29, 0.717) is 22.5 Å². The van der Waals surface area contributed by atoms with E-state index in [9.17, 15) is 8.42 Å². The lowest BCUT2D eigenvalue weighted by atomic mass is 10.5. The third kappa shape index (κ3) is 8.02. The van der Waals surface area contributed by atoms with E-state index in [1.165, 1.54) is 23.1 Å². The summed E-state index contributed by atoms with van der Waals surface area (Å²) in [5.41, 5.74) is 6.34. The summed E-state index contributed by atoms with van der Waals surface area (Å²) in [6, 6.07) is 0. The predicted molar refractivity (Wildman–Crippen MR) is 89.4 cm³/mol. The van der Waals surface area contributed by atoms with E-state index in [2.05, 4.69) is 24.7 Å². The second-order valence-corrected chi connectivity index (χ2v) is 7.07. The van der Waals surface area contributed by atoms with Gasteiger partial charge in [-0.3, -0.25) is 0 Å². The van der Waals surface area contributed by atoms with Gasteiger partial charge in [0.05, 0.1) is 11.5 Å². The molecule has 0 aliphatic rings. The van der Waals surface area contributed by atoms with Crippen molar-refractivity contribution in [3.05, 3.63) is 11.1 Å². The maximum atomic E-state index is 10.9. The molecular formula is C9H16N8O2S3. The van der Waals surface area contributed by atoms with Crippen LogP contribution in [-0.2, 0) is 16.0 Å². The fourth-order valence-electron chi connectivity index (χ4n) is 1.23. The first-order chi connectivity index (χ1) is 10.3. The van der Waals surface area contributed by atoms with Gasteiger partial charge in [0.1, 0.15) is 0 Å². The minimum absolute atomic E-state index is 0.0418. The first-order valence-corrected chi connectivity index (χ1v) is 9.39. The van der Waals surface area contributed by atoms with E-state index in [-0.39, 0.29) is 12.3 Å². The van der Waals surface area contributed by atoms with Crippen molar-refractivity contribution < 1.29 is 8.42 Å². The molecule has 1 heterocycles. The monoisotopic (exact) mass is 364 g/mol. The van der Waals surface area contributed by atoms with Gasteiger partial charge in [-0.15, -0.1) is 20.8 Å². The van der Waals surface area contributed by atoms with Crippen molar-refractivity contribution in [2.75, 3.05) is 5.75 Å². The molecular weight excluding hydrogens is 348 g/mol. The Labute approximate surface area is 136 Å². The molecule has 10 nitrogen and oxygen atoms in total. The normalized spacial score (nSPS) is 13.9. The fraction of sp³-hybridized carbons (Fsp3) is 0.444. The lowest BCUT2D eigenvalue weighted by molar-refractivity contribution is 0.599.